The van der Waals surface area contributed by atoms with Gasteiger partial charge < -0.3 is 25.1 Å². The van der Waals surface area contributed by atoms with Crippen LogP contribution in [-0.2, 0) is 24.2 Å². The summed E-state index contributed by atoms with van der Waals surface area (Å²) >= 11 is 0. The van der Waals surface area contributed by atoms with Gasteiger partial charge in [0.25, 0.3) is 5.91 Å². The zero-order valence-electron chi connectivity index (χ0n) is 20.3. The molecule has 1 aromatic carbocycles. The van der Waals surface area contributed by atoms with E-state index >= 15 is 0 Å². The first-order valence-corrected chi connectivity index (χ1v) is 11.2. The number of carbonyl (C=O) groups is 2. The Morgan fingerprint density at radius 1 is 1.09 bits per heavy atom. The summed E-state index contributed by atoms with van der Waals surface area (Å²) in [6.45, 7) is 7.99. The molecule has 1 amide bonds. The van der Waals surface area contributed by atoms with Crippen molar-refractivity contribution in [2.75, 3.05) is 12.4 Å². The summed E-state index contributed by atoms with van der Waals surface area (Å²) in [6, 6.07) is 11.2. The zero-order chi connectivity index (χ0) is 24.7. The number of benzene rings is 1. The second-order valence-electron chi connectivity index (χ2n) is 8.81. The van der Waals surface area contributed by atoms with E-state index in [1.165, 1.54) is 0 Å². The molecule has 0 spiro atoms. The molecule has 180 valence electrons. The molecule has 8 nitrogen and oxygen atoms in total. The van der Waals surface area contributed by atoms with Crippen molar-refractivity contribution in [3.63, 3.8) is 0 Å². The number of esters is 1. The number of ether oxygens (including phenoxy) is 2. The van der Waals surface area contributed by atoms with Gasteiger partial charge in [0.2, 0.25) is 0 Å². The number of aromatic nitrogens is 2. The maximum Gasteiger partial charge on any atom is 0.355 e. The Balaban J connectivity index is 1.90. The van der Waals surface area contributed by atoms with E-state index in [2.05, 4.69) is 20.6 Å². The van der Waals surface area contributed by atoms with Crippen LogP contribution in [0.2, 0.25) is 0 Å². The van der Waals surface area contributed by atoms with Crippen molar-refractivity contribution in [1.82, 2.24) is 15.3 Å². The van der Waals surface area contributed by atoms with Gasteiger partial charge in [-0.2, -0.15) is 0 Å². The lowest BCUT2D eigenvalue weighted by molar-refractivity contribution is 0.00622. The normalized spacial score (nSPS) is 11.1. The summed E-state index contributed by atoms with van der Waals surface area (Å²) in [5, 5.41) is 6.25. The van der Waals surface area contributed by atoms with Gasteiger partial charge in [0.05, 0.1) is 19.2 Å². The van der Waals surface area contributed by atoms with Crippen molar-refractivity contribution in [2.45, 2.75) is 52.8 Å². The van der Waals surface area contributed by atoms with Crippen LogP contribution < -0.4 is 15.4 Å². The van der Waals surface area contributed by atoms with Gasteiger partial charge in [-0.15, -0.1) is 0 Å². The first-order valence-electron chi connectivity index (χ1n) is 11.2. The van der Waals surface area contributed by atoms with Crippen LogP contribution in [0.15, 0.2) is 48.8 Å². The van der Waals surface area contributed by atoms with E-state index in [1.807, 2.05) is 64.1 Å². The largest absolute Gasteiger partial charge is 0.497 e. The molecule has 2 aromatic heterocycles. The van der Waals surface area contributed by atoms with Crippen molar-refractivity contribution in [3.8, 4) is 5.75 Å². The second kappa shape index (κ2) is 10.9. The third-order valence-electron chi connectivity index (χ3n) is 5.10. The summed E-state index contributed by atoms with van der Waals surface area (Å²) in [6.07, 6.45) is 3.88. The second-order valence-corrected chi connectivity index (χ2v) is 8.81. The molecule has 0 atom stereocenters. The molecule has 0 aliphatic heterocycles. The number of pyridine rings is 1. The van der Waals surface area contributed by atoms with Gasteiger partial charge in [0, 0.05) is 30.3 Å². The Labute approximate surface area is 200 Å². The molecule has 0 aliphatic rings. The van der Waals surface area contributed by atoms with Gasteiger partial charge in [-0.05, 0) is 68.7 Å². The molecule has 3 N–H and O–H groups in total. The van der Waals surface area contributed by atoms with Crippen LogP contribution in [0.25, 0.3) is 0 Å². The number of anilines is 1. The first-order chi connectivity index (χ1) is 16.2. The predicted molar refractivity (Wildman–Crippen MR) is 131 cm³/mol. The van der Waals surface area contributed by atoms with Crippen molar-refractivity contribution in [2.24, 2.45) is 0 Å². The topological polar surface area (TPSA) is 105 Å². The minimum absolute atomic E-state index is 0.265. The van der Waals surface area contributed by atoms with E-state index in [0.717, 1.165) is 17.0 Å². The Morgan fingerprint density at radius 2 is 1.82 bits per heavy atom. The lowest BCUT2D eigenvalue weighted by Gasteiger charge is -2.19. The Bertz CT molecular complexity index is 1120. The monoisotopic (exact) mass is 464 g/mol. The van der Waals surface area contributed by atoms with Crippen LogP contribution in [0.3, 0.4) is 0 Å². The minimum atomic E-state index is -0.655. The predicted octanol–water partition coefficient (Wildman–Crippen LogP) is 4.48. The third kappa shape index (κ3) is 6.37. The zero-order valence-corrected chi connectivity index (χ0v) is 20.3. The van der Waals surface area contributed by atoms with Gasteiger partial charge in [-0.1, -0.05) is 13.0 Å². The quantitative estimate of drug-likeness (QED) is 0.403. The van der Waals surface area contributed by atoms with Crippen molar-refractivity contribution in [3.05, 3.63) is 76.9 Å². The molecule has 0 saturated heterocycles. The molecule has 0 aliphatic carbocycles. The van der Waals surface area contributed by atoms with E-state index in [9.17, 15) is 9.59 Å². The lowest BCUT2D eigenvalue weighted by atomic mass is 10.0. The van der Waals surface area contributed by atoms with Crippen molar-refractivity contribution in [1.29, 1.82) is 0 Å². The molecule has 0 radical (unpaired) electrons. The number of H-pyrrole nitrogens is 1. The van der Waals surface area contributed by atoms with Gasteiger partial charge in [0.1, 0.15) is 17.0 Å². The number of nitrogens with one attached hydrogen (secondary N) is 3. The van der Waals surface area contributed by atoms with E-state index in [-0.39, 0.29) is 5.91 Å². The molecular formula is C26H32N4O4. The molecule has 34 heavy (non-hydrogen) atoms. The van der Waals surface area contributed by atoms with Crippen LogP contribution in [0, 0.1) is 0 Å². The summed E-state index contributed by atoms with van der Waals surface area (Å²) in [7, 11) is 1.61. The average Bonchev–Trinajstić information content (AvgIpc) is 3.20. The minimum Gasteiger partial charge on any atom is -0.497 e. The fourth-order valence-corrected chi connectivity index (χ4v) is 3.53. The molecular weight excluding hydrogens is 432 g/mol. The highest BCUT2D eigenvalue weighted by molar-refractivity contribution is 6.01. The molecule has 3 aromatic rings. The number of aromatic amines is 1. The number of rotatable bonds is 9. The van der Waals surface area contributed by atoms with E-state index < -0.39 is 11.6 Å². The average molecular weight is 465 g/mol. The van der Waals surface area contributed by atoms with E-state index in [4.69, 9.17) is 9.47 Å². The van der Waals surface area contributed by atoms with Gasteiger partial charge >= 0.3 is 5.97 Å². The molecule has 0 unspecified atom stereocenters. The highest BCUT2D eigenvalue weighted by Gasteiger charge is 2.28. The maximum absolute atomic E-state index is 13.3. The van der Waals surface area contributed by atoms with E-state index in [0.29, 0.717) is 42.0 Å². The van der Waals surface area contributed by atoms with Crippen LogP contribution in [0.1, 0.15) is 65.4 Å². The number of methoxy groups -OCH3 is 1. The fourth-order valence-electron chi connectivity index (χ4n) is 3.53. The smallest absolute Gasteiger partial charge is 0.355 e. The number of nitrogens with zero attached hydrogens (tertiary/aromatic N) is 1. The first kappa shape index (κ1) is 24.8. The van der Waals surface area contributed by atoms with Gasteiger partial charge in [0.15, 0.2) is 0 Å². The van der Waals surface area contributed by atoms with Crippen LogP contribution in [-0.4, -0.2) is 34.6 Å². The van der Waals surface area contributed by atoms with Crippen molar-refractivity contribution < 1.29 is 19.1 Å². The number of amides is 1. The molecule has 0 fully saturated rings. The number of hydrogen-bond acceptors (Lipinski definition) is 6. The summed E-state index contributed by atoms with van der Waals surface area (Å²) < 4.78 is 10.8. The highest BCUT2D eigenvalue weighted by Crippen LogP contribution is 2.25. The molecule has 0 saturated carbocycles. The van der Waals surface area contributed by atoms with Crippen molar-refractivity contribution >= 4 is 17.6 Å². The SMILES string of the molecule is CCc1c(C(=O)OC(C)(C)C)[nH]c(CNc2ccc(OC)cc2)c1C(=O)NCc1cccnc1. The van der Waals surface area contributed by atoms with Gasteiger partial charge in [-0.25, -0.2) is 4.79 Å². The van der Waals surface area contributed by atoms with E-state index in [1.54, 1.807) is 19.5 Å². The highest BCUT2D eigenvalue weighted by atomic mass is 16.6. The summed E-state index contributed by atoms with van der Waals surface area (Å²) in [5.74, 6) is 0.000947. The van der Waals surface area contributed by atoms with Crippen LogP contribution in [0.4, 0.5) is 5.69 Å². The van der Waals surface area contributed by atoms with Crippen LogP contribution >= 0.6 is 0 Å². The number of hydrogen-bond donors (Lipinski definition) is 3. The fraction of sp³-hybridized carbons (Fsp3) is 0.346. The van der Waals surface area contributed by atoms with Crippen LogP contribution in [0.5, 0.6) is 5.75 Å². The standard InChI is InChI=1S/C26H32N4O4/c1-6-20-22(24(31)29-15-17-8-7-13-27-14-17)21(30-23(20)25(32)34-26(2,3)4)16-28-18-9-11-19(33-5)12-10-18/h7-14,28,30H,6,15-16H2,1-5H3,(H,29,31). The summed E-state index contributed by atoms with van der Waals surface area (Å²) in [4.78, 5) is 33.5. The Morgan fingerprint density at radius 3 is 2.41 bits per heavy atom. The third-order valence-corrected chi connectivity index (χ3v) is 5.10. The van der Waals surface area contributed by atoms with Gasteiger partial charge in [-0.3, -0.25) is 9.78 Å². The lowest BCUT2D eigenvalue weighted by Crippen LogP contribution is -2.26. The maximum atomic E-state index is 13.3. The number of carbonyl (C=O) groups excluding carboxylic acids is 2. The molecule has 8 heteroatoms. The Kier molecular flexibility index (Phi) is 7.94. The Hall–Kier alpha value is -3.81. The summed E-state index contributed by atoms with van der Waals surface area (Å²) in [5.41, 5.74) is 3.08. The molecule has 2 heterocycles. The molecule has 0 bridgehead atoms. The molecule has 3 rings (SSSR count).